The first-order valence-corrected chi connectivity index (χ1v) is 10.0. The summed E-state index contributed by atoms with van der Waals surface area (Å²) in [4.78, 5) is 17.9. The highest BCUT2D eigenvalue weighted by Gasteiger charge is 2.28. The highest BCUT2D eigenvalue weighted by Crippen LogP contribution is 2.21. The maximum Gasteiger partial charge on any atom is 0.410 e. The molecule has 0 spiro atoms. The second-order valence-corrected chi connectivity index (χ2v) is 9.06. The predicted molar refractivity (Wildman–Crippen MR) is 96.5 cm³/mol. The van der Waals surface area contributed by atoms with Gasteiger partial charge in [-0.05, 0) is 51.2 Å². The zero-order valence-electron chi connectivity index (χ0n) is 14.5. The molecule has 0 aliphatic carbocycles. The van der Waals surface area contributed by atoms with Crippen LogP contribution in [0.4, 0.5) is 4.79 Å². The van der Waals surface area contributed by atoms with E-state index < -0.39 is 16.4 Å². The van der Waals surface area contributed by atoms with E-state index in [2.05, 4.69) is 4.98 Å². The molecule has 1 saturated heterocycles. The van der Waals surface area contributed by atoms with Crippen molar-refractivity contribution in [1.29, 1.82) is 0 Å². The van der Waals surface area contributed by atoms with Crippen molar-refractivity contribution in [2.45, 2.75) is 45.0 Å². The number of nitrogens with zero attached hydrogens (tertiary/aromatic N) is 2. The van der Waals surface area contributed by atoms with Crippen molar-refractivity contribution in [1.82, 2.24) is 9.88 Å². The van der Waals surface area contributed by atoms with E-state index in [9.17, 15) is 9.00 Å². The summed E-state index contributed by atoms with van der Waals surface area (Å²) < 4.78 is 17.8. The number of amides is 1. The summed E-state index contributed by atoms with van der Waals surface area (Å²) in [5.41, 5.74) is 0.423. The third kappa shape index (κ3) is 6.40. The molecule has 0 saturated carbocycles. The van der Waals surface area contributed by atoms with Crippen molar-refractivity contribution < 1.29 is 13.7 Å². The lowest BCUT2D eigenvalue weighted by molar-refractivity contribution is 0.0176. The van der Waals surface area contributed by atoms with Crippen molar-refractivity contribution in [2.75, 3.05) is 18.8 Å². The molecular weight excluding hydrogens is 348 g/mol. The minimum Gasteiger partial charge on any atom is -0.444 e. The van der Waals surface area contributed by atoms with Gasteiger partial charge in [0.05, 0.1) is 5.75 Å². The zero-order chi connectivity index (χ0) is 17.7. The van der Waals surface area contributed by atoms with Crippen LogP contribution in [0.3, 0.4) is 0 Å². The standard InChI is InChI=1S/C17H25ClN2O3S/c1-17(2,3)23-16(21)20-8-4-5-14(10-20)12-24(22)11-13-6-7-15(18)19-9-13/h6-7,9,14H,4-5,8,10-12H2,1-3H3/t14-,24+/m1/s1. The van der Waals surface area contributed by atoms with Gasteiger partial charge < -0.3 is 9.64 Å². The lowest BCUT2D eigenvalue weighted by Gasteiger charge is -2.34. The Kier molecular flexibility index (Phi) is 6.63. The van der Waals surface area contributed by atoms with Crippen LogP contribution in [0.1, 0.15) is 39.2 Å². The third-order valence-electron chi connectivity index (χ3n) is 3.71. The van der Waals surface area contributed by atoms with E-state index in [1.165, 1.54) is 0 Å². The summed E-state index contributed by atoms with van der Waals surface area (Å²) >= 11 is 5.76. The van der Waals surface area contributed by atoms with E-state index in [1.807, 2.05) is 26.8 Å². The minimum absolute atomic E-state index is 0.243. The van der Waals surface area contributed by atoms with Crippen LogP contribution in [0.15, 0.2) is 18.3 Å². The lowest BCUT2D eigenvalue weighted by atomic mass is 10.0. The Balaban J connectivity index is 1.84. The Morgan fingerprint density at radius 2 is 2.21 bits per heavy atom. The van der Waals surface area contributed by atoms with Gasteiger partial charge in [0.2, 0.25) is 0 Å². The van der Waals surface area contributed by atoms with Crippen molar-refractivity contribution in [3.05, 3.63) is 29.0 Å². The van der Waals surface area contributed by atoms with E-state index in [0.717, 1.165) is 18.4 Å². The van der Waals surface area contributed by atoms with Crippen LogP contribution in [-0.2, 0) is 21.3 Å². The van der Waals surface area contributed by atoms with E-state index in [-0.39, 0.29) is 12.0 Å². The van der Waals surface area contributed by atoms with Gasteiger partial charge in [0, 0.05) is 35.8 Å². The highest BCUT2D eigenvalue weighted by atomic mass is 35.5. The van der Waals surface area contributed by atoms with Crippen molar-refractivity contribution >= 4 is 28.5 Å². The molecule has 2 rings (SSSR count). The molecule has 1 fully saturated rings. The Morgan fingerprint density at radius 3 is 2.83 bits per heavy atom. The largest absolute Gasteiger partial charge is 0.444 e. The maximum atomic E-state index is 12.4. The fourth-order valence-corrected chi connectivity index (χ4v) is 4.26. The molecule has 0 N–H and O–H groups in total. The minimum atomic E-state index is -0.984. The second-order valence-electron chi connectivity index (χ2n) is 7.17. The Hall–Kier alpha value is -1.14. The van der Waals surface area contributed by atoms with Crippen LogP contribution in [-0.4, -0.2) is 44.6 Å². The van der Waals surface area contributed by atoms with Gasteiger partial charge >= 0.3 is 6.09 Å². The van der Waals surface area contributed by atoms with Crippen molar-refractivity contribution in [3.8, 4) is 0 Å². The van der Waals surface area contributed by atoms with Gasteiger partial charge in [-0.2, -0.15) is 0 Å². The van der Waals surface area contributed by atoms with Crippen molar-refractivity contribution in [2.24, 2.45) is 5.92 Å². The number of hydrogen-bond acceptors (Lipinski definition) is 4. The molecule has 0 aromatic carbocycles. The number of carbonyl (C=O) groups excluding carboxylic acids is 1. The first-order chi connectivity index (χ1) is 11.2. The monoisotopic (exact) mass is 372 g/mol. The quantitative estimate of drug-likeness (QED) is 0.757. The molecule has 1 amide bonds. The summed E-state index contributed by atoms with van der Waals surface area (Å²) in [6, 6.07) is 3.56. The van der Waals surface area contributed by atoms with Gasteiger partial charge in [0.25, 0.3) is 0 Å². The zero-order valence-corrected chi connectivity index (χ0v) is 16.0. The van der Waals surface area contributed by atoms with Gasteiger partial charge in [0.1, 0.15) is 10.8 Å². The highest BCUT2D eigenvalue weighted by molar-refractivity contribution is 7.84. The number of ether oxygens (including phenoxy) is 1. The number of pyridine rings is 1. The Bertz CT molecular complexity index is 586. The molecule has 1 aromatic rings. The molecule has 1 aromatic heterocycles. The first kappa shape index (κ1) is 19.2. The summed E-state index contributed by atoms with van der Waals surface area (Å²) in [5, 5.41) is 0.435. The number of piperidine rings is 1. The van der Waals surface area contributed by atoms with Gasteiger partial charge in [-0.1, -0.05) is 17.7 Å². The predicted octanol–water partition coefficient (Wildman–Crippen LogP) is 3.63. The number of halogens is 1. The number of carbonyl (C=O) groups is 1. The number of rotatable bonds is 4. The van der Waals surface area contributed by atoms with E-state index in [0.29, 0.717) is 29.7 Å². The molecule has 1 aliphatic heterocycles. The molecule has 2 atom stereocenters. The molecule has 24 heavy (non-hydrogen) atoms. The molecule has 134 valence electrons. The van der Waals surface area contributed by atoms with Crippen LogP contribution in [0, 0.1) is 5.92 Å². The van der Waals surface area contributed by atoms with Gasteiger partial charge in [0.15, 0.2) is 0 Å². The SMILES string of the molecule is CC(C)(C)OC(=O)N1CCC[C@@H](C[S@@](=O)Cc2ccc(Cl)nc2)C1. The Labute approximate surface area is 151 Å². The molecule has 0 bridgehead atoms. The van der Waals surface area contributed by atoms with Crippen LogP contribution >= 0.6 is 11.6 Å². The maximum absolute atomic E-state index is 12.4. The summed E-state index contributed by atoms with van der Waals surface area (Å²) in [6.45, 7) is 6.91. The fourth-order valence-electron chi connectivity index (χ4n) is 2.69. The molecular formula is C17H25ClN2O3S. The number of likely N-dealkylation sites (tertiary alicyclic amines) is 1. The second kappa shape index (κ2) is 8.30. The van der Waals surface area contributed by atoms with Gasteiger partial charge in [-0.15, -0.1) is 0 Å². The van der Waals surface area contributed by atoms with Crippen molar-refractivity contribution in [3.63, 3.8) is 0 Å². The molecule has 1 aliphatic rings. The third-order valence-corrected chi connectivity index (χ3v) is 5.43. The smallest absolute Gasteiger partial charge is 0.410 e. The number of aromatic nitrogens is 1. The van der Waals surface area contributed by atoms with Gasteiger partial charge in [-0.25, -0.2) is 9.78 Å². The molecule has 2 heterocycles. The average molecular weight is 373 g/mol. The first-order valence-electron chi connectivity index (χ1n) is 8.16. The van der Waals surface area contributed by atoms with Gasteiger partial charge in [-0.3, -0.25) is 4.21 Å². The van der Waals surface area contributed by atoms with E-state index in [1.54, 1.807) is 17.2 Å². The fraction of sp³-hybridized carbons (Fsp3) is 0.647. The molecule has 5 nitrogen and oxygen atoms in total. The molecule has 0 unspecified atom stereocenters. The number of hydrogen-bond donors (Lipinski definition) is 0. The van der Waals surface area contributed by atoms with E-state index >= 15 is 0 Å². The summed E-state index contributed by atoms with van der Waals surface area (Å²) in [7, 11) is -0.984. The summed E-state index contributed by atoms with van der Waals surface area (Å²) in [6.07, 6.45) is 3.29. The topological polar surface area (TPSA) is 59.5 Å². The average Bonchev–Trinajstić information content (AvgIpc) is 2.48. The van der Waals surface area contributed by atoms with Crippen LogP contribution < -0.4 is 0 Å². The van der Waals surface area contributed by atoms with Crippen LogP contribution in [0.2, 0.25) is 5.15 Å². The normalized spacial score (nSPS) is 19.8. The Morgan fingerprint density at radius 1 is 1.46 bits per heavy atom. The van der Waals surface area contributed by atoms with Crippen LogP contribution in [0.5, 0.6) is 0 Å². The summed E-state index contributed by atoms with van der Waals surface area (Å²) in [5.74, 6) is 1.29. The van der Waals surface area contributed by atoms with Crippen LogP contribution in [0.25, 0.3) is 0 Å². The molecule has 7 heteroatoms. The molecule has 0 radical (unpaired) electrons. The lowest BCUT2D eigenvalue weighted by Crippen LogP contribution is -2.44. The van der Waals surface area contributed by atoms with E-state index in [4.69, 9.17) is 16.3 Å².